The van der Waals surface area contributed by atoms with Gasteiger partial charge in [0.05, 0.1) is 13.0 Å². The van der Waals surface area contributed by atoms with Crippen molar-refractivity contribution in [3.63, 3.8) is 0 Å². The minimum atomic E-state index is -0.820. The number of carboxylic acids is 1. The van der Waals surface area contributed by atoms with E-state index in [9.17, 15) is 14.3 Å². The summed E-state index contributed by atoms with van der Waals surface area (Å²) < 4.78 is 26.4. The Bertz CT molecular complexity index is 1200. The van der Waals surface area contributed by atoms with E-state index >= 15 is 0 Å². The van der Waals surface area contributed by atoms with Crippen LogP contribution in [0.15, 0.2) is 60.7 Å². The number of hydrogen-bond donors (Lipinski definition) is 1. The summed E-state index contributed by atoms with van der Waals surface area (Å²) in [5, 5.41) is 9.36. The number of aliphatic carboxylic acids is 1. The molecular formula is C30H35FO4. The van der Waals surface area contributed by atoms with Gasteiger partial charge in [0, 0.05) is 5.56 Å². The average molecular weight is 479 g/mol. The highest BCUT2D eigenvalue weighted by Crippen LogP contribution is 2.38. The number of rotatable bonds is 8. The Labute approximate surface area is 207 Å². The lowest BCUT2D eigenvalue weighted by Gasteiger charge is -2.26. The summed E-state index contributed by atoms with van der Waals surface area (Å²) in [6.07, 6.45) is -0.261. The van der Waals surface area contributed by atoms with E-state index in [4.69, 9.17) is 9.47 Å². The van der Waals surface area contributed by atoms with Crippen LogP contribution < -0.4 is 9.47 Å². The van der Waals surface area contributed by atoms with Gasteiger partial charge in [0.25, 0.3) is 0 Å². The zero-order chi connectivity index (χ0) is 25.9. The molecule has 0 saturated heterocycles. The first-order valence-corrected chi connectivity index (χ1v) is 11.9. The molecule has 0 spiro atoms. The zero-order valence-corrected chi connectivity index (χ0v) is 21.6. The Balaban J connectivity index is 1.94. The monoisotopic (exact) mass is 478 g/mol. The molecule has 3 atom stereocenters. The van der Waals surface area contributed by atoms with Crippen molar-refractivity contribution in [2.24, 2.45) is 5.92 Å². The lowest BCUT2D eigenvalue weighted by Crippen LogP contribution is -2.16. The maximum Gasteiger partial charge on any atom is 0.306 e. The summed E-state index contributed by atoms with van der Waals surface area (Å²) in [7, 11) is 1.57. The van der Waals surface area contributed by atoms with Crippen LogP contribution >= 0.6 is 0 Å². The lowest BCUT2D eigenvalue weighted by molar-refractivity contribution is -0.141. The number of methoxy groups -OCH3 is 1. The molecule has 0 aromatic heterocycles. The highest BCUT2D eigenvalue weighted by atomic mass is 19.1. The normalized spacial score (nSPS) is 14.2. The largest absolute Gasteiger partial charge is 0.497 e. The van der Waals surface area contributed by atoms with Gasteiger partial charge in [-0.2, -0.15) is 0 Å². The fourth-order valence-electron chi connectivity index (χ4n) is 4.15. The highest BCUT2D eigenvalue weighted by Gasteiger charge is 2.24. The van der Waals surface area contributed by atoms with Gasteiger partial charge in [0.15, 0.2) is 0 Å². The summed E-state index contributed by atoms with van der Waals surface area (Å²) >= 11 is 0. The molecule has 3 aromatic carbocycles. The van der Waals surface area contributed by atoms with Crippen molar-refractivity contribution in [1.29, 1.82) is 0 Å². The van der Waals surface area contributed by atoms with Gasteiger partial charge >= 0.3 is 5.97 Å². The first-order chi connectivity index (χ1) is 16.4. The van der Waals surface area contributed by atoms with Gasteiger partial charge in [0.2, 0.25) is 0 Å². The molecule has 0 saturated carbocycles. The third-order valence-electron chi connectivity index (χ3n) is 6.62. The Morgan fingerprint density at radius 1 is 0.886 bits per heavy atom. The van der Waals surface area contributed by atoms with Gasteiger partial charge in [-0.3, -0.25) is 4.79 Å². The number of halogens is 1. The van der Waals surface area contributed by atoms with E-state index < -0.39 is 11.9 Å². The molecule has 0 bridgehead atoms. The number of carbonyl (C=O) groups is 1. The molecule has 0 amide bonds. The summed E-state index contributed by atoms with van der Waals surface area (Å²) in [5.74, 6) is -0.472. The van der Waals surface area contributed by atoms with Crippen molar-refractivity contribution < 1.29 is 23.8 Å². The molecule has 0 aliphatic heterocycles. The predicted molar refractivity (Wildman–Crippen MR) is 138 cm³/mol. The number of ether oxygens (including phenoxy) is 2. The predicted octanol–water partition coefficient (Wildman–Crippen LogP) is 7.76. The molecule has 0 aliphatic carbocycles. The highest BCUT2D eigenvalue weighted by molar-refractivity contribution is 5.72. The van der Waals surface area contributed by atoms with Crippen LogP contribution in [0.3, 0.4) is 0 Å². The van der Waals surface area contributed by atoms with E-state index in [1.54, 1.807) is 26.2 Å². The fraction of sp³-hybridized carbons (Fsp3) is 0.367. The lowest BCUT2D eigenvalue weighted by atomic mass is 9.80. The van der Waals surface area contributed by atoms with Gasteiger partial charge in [0.1, 0.15) is 23.4 Å². The molecule has 1 unspecified atom stereocenters. The minimum Gasteiger partial charge on any atom is -0.497 e. The Morgan fingerprint density at radius 2 is 1.60 bits per heavy atom. The first-order valence-electron chi connectivity index (χ1n) is 11.9. The van der Waals surface area contributed by atoms with Crippen molar-refractivity contribution in [3.05, 3.63) is 83.2 Å². The third-order valence-corrected chi connectivity index (χ3v) is 6.62. The van der Waals surface area contributed by atoms with E-state index in [1.807, 2.05) is 50.2 Å². The fourth-order valence-corrected chi connectivity index (χ4v) is 4.15. The summed E-state index contributed by atoms with van der Waals surface area (Å²) in [5.41, 5.74) is 3.99. The first kappa shape index (κ1) is 26.3. The molecule has 4 nitrogen and oxygen atoms in total. The number of benzene rings is 3. The van der Waals surface area contributed by atoms with Crippen LogP contribution in [-0.2, 0) is 10.2 Å². The van der Waals surface area contributed by atoms with Crippen molar-refractivity contribution in [1.82, 2.24) is 0 Å². The Kier molecular flexibility index (Phi) is 7.89. The van der Waals surface area contributed by atoms with Crippen LogP contribution in [0.4, 0.5) is 4.39 Å². The molecule has 0 fully saturated rings. The van der Waals surface area contributed by atoms with Crippen molar-refractivity contribution >= 4 is 5.97 Å². The van der Waals surface area contributed by atoms with E-state index in [0.29, 0.717) is 17.1 Å². The quantitative estimate of drug-likeness (QED) is 0.359. The molecule has 0 heterocycles. The molecule has 5 heteroatoms. The average Bonchev–Trinajstić information content (AvgIpc) is 2.82. The second-order valence-electron chi connectivity index (χ2n) is 10.1. The molecule has 1 N–H and O–H groups in total. The van der Waals surface area contributed by atoms with Crippen molar-refractivity contribution in [2.45, 2.75) is 59.0 Å². The van der Waals surface area contributed by atoms with Gasteiger partial charge in [-0.1, -0.05) is 65.0 Å². The van der Waals surface area contributed by atoms with Crippen LogP contribution in [0.25, 0.3) is 11.1 Å². The van der Waals surface area contributed by atoms with E-state index in [-0.39, 0.29) is 23.3 Å². The van der Waals surface area contributed by atoms with E-state index in [1.165, 1.54) is 6.07 Å². The molecule has 3 rings (SSSR count). The summed E-state index contributed by atoms with van der Waals surface area (Å²) in [6, 6.07) is 18.4. The molecule has 0 aliphatic rings. The molecule has 0 radical (unpaired) electrons. The standard InChI is InChI=1S/C30H35FO4/c1-18(19(2)29(32)33)21-9-8-10-24(15-21)35-20(3)22-11-13-25(27(16-22)30(4,5)6)26-17-23(34-7)12-14-28(26)31/h8-20H,1-7H3,(H,32,33)/t18-,19?,20+/m1/s1. The smallest absolute Gasteiger partial charge is 0.306 e. The van der Waals surface area contributed by atoms with Gasteiger partial charge < -0.3 is 14.6 Å². The van der Waals surface area contributed by atoms with E-state index in [2.05, 4.69) is 26.8 Å². The molecule has 3 aromatic rings. The van der Waals surface area contributed by atoms with Crippen LogP contribution in [0.1, 0.15) is 70.3 Å². The second kappa shape index (κ2) is 10.5. The molecule has 35 heavy (non-hydrogen) atoms. The Morgan fingerprint density at radius 3 is 2.23 bits per heavy atom. The number of hydrogen-bond acceptors (Lipinski definition) is 3. The van der Waals surface area contributed by atoms with Crippen LogP contribution in [0.5, 0.6) is 11.5 Å². The third kappa shape index (κ3) is 6.02. The topological polar surface area (TPSA) is 55.8 Å². The summed E-state index contributed by atoms with van der Waals surface area (Å²) in [4.78, 5) is 11.4. The van der Waals surface area contributed by atoms with Crippen molar-refractivity contribution in [3.8, 4) is 22.6 Å². The SMILES string of the molecule is COc1ccc(F)c(-c2ccc([C@H](C)Oc3cccc([C@H](C)C(C)C(=O)O)c3)cc2C(C)(C)C)c1. The Hall–Kier alpha value is -3.34. The van der Waals surface area contributed by atoms with Crippen LogP contribution in [0.2, 0.25) is 0 Å². The zero-order valence-electron chi connectivity index (χ0n) is 21.6. The maximum absolute atomic E-state index is 14.8. The van der Waals surface area contributed by atoms with Gasteiger partial charge in [-0.25, -0.2) is 4.39 Å². The summed E-state index contributed by atoms with van der Waals surface area (Å²) in [6.45, 7) is 11.9. The van der Waals surface area contributed by atoms with Gasteiger partial charge in [-0.05, 0) is 70.8 Å². The van der Waals surface area contributed by atoms with E-state index in [0.717, 1.165) is 22.3 Å². The number of carboxylic acid groups (broad SMARTS) is 1. The molecule has 186 valence electrons. The second-order valence-corrected chi connectivity index (χ2v) is 10.1. The molecular weight excluding hydrogens is 443 g/mol. The minimum absolute atomic E-state index is 0.143. The van der Waals surface area contributed by atoms with Crippen molar-refractivity contribution in [2.75, 3.05) is 7.11 Å². The van der Waals surface area contributed by atoms with Crippen LogP contribution in [-0.4, -0.2) is 18.2 Å². The van der Waals surface area contributed by atoms with Crippen LogP contribution in [0, 0.1) is 11.7 Å². The van der Waals surface area contributed by atoms with Gasteiger partial charge in [-0.15, -0.1) is 0 Å². The maximum atomic E-state index is 14.8.